The van der Waals surface area contributed by atoms with Crippen molar-refractivity contribution in [2.24, 2.45) is 5.92 Å². The van der Waals surface area contributed by atoms with Gasteiger partial charge in [0.05, 0.1) is 18.5 Å². The Morgan fingerprint density at radius 2 is 1.75 bits per heavy atom. The standard InChI is InChI=1S/C23H29N3O2/c1-18(19-10-5-3-6-11-19)25(2)22(27)17-26-15-9-12-20(16-26)23(28)24-21-13-7-4-8-14-21/h3-8,10-11,13-14,18,20H,9,12,15-17H2,1-2H3,(H,24,28)/t18-,20+/m0/s1. The Morgan fingerprint density at radius 3 is 2.43 bits per heavy atom. The fourth-order valence-electron chi connectivity index (χ4n) is 3.65. The van der Waals surface area contributed by atoms with E-state index in [1.165, 1.54) is 0 Å². The predicted octanol–water partition coefficient (Wildman–Crippen LogP) is 3.56. The van der Waals surface area contributed by atoms with E-state index in [2.05, 4.69) is 10.2 Å². The van der Waals surface area contributed by atoms with Crippen LogP contribution < -0.4 is 5.32 Å². The Hall–Kier alpha value is -2.66. The van der Waals surface area contributed by atoms with Crippen molar-refractivity contribution < 1.29 is 9.59 Å². The second-order valence-electron chi connectivity index (χ2n) is 7.52. The largest absolute Gasteiger partial charge is 0.338 e. The van der Waals surface area contributed by atoms with Crippen LogP contribution >= 0.6 is 0 Å². The molecule has 28 heavy (non-hydrogen) atoms. The summed E-state index contributed by atoms with van der Waals surface area (Å²) in [7, 11) is 1.85. The van der Waals surface area contributed by atoms with Gasteiger partial charge in [-0.3, -0.25) is 14.5 Å². The Bertz CT molecular complexity index is 779. The van der Waals surface area contributed by atoms with Crippen molar-refractivity contribution in [2.45, 2.75) is 25.8 Å². The van der Waals surface area contributed by atoms with Gasteiger partial charge in [0, 0.05) is 19.3 Å². The first-order valence-electron chi connectivity index (χ1n) is 9.93. The van der Waals surface area contributed by atoms with Gasteiger partial charge in [-0.05, 0) is 44.0 Å². The highest BCUT2D eigenvalue weighted by molar-refractivity contribution is 5.92. The maximum Gasteiger partial charge on any atom is 0.236 e. The van der Waals surface area contributed by atoms with Gasteiger partial charge in [0.25, 0.3) is 0 Å². The van der Waals surface area contributed by atoms with Gasteiger partial charge in [0.2, 0.25) is 11.8 Å². The number of amides is 2. The topological polar surface area (TPSA) is 52.7 Å². The van der Waals surface area contributed by atoms with E-state index in [0.29, 0.717) is 13.1 Å². The number of anilines is 1. The Kier molecular flexibility index (Phi) is 6.82. The summed E-state index contributed by atoms with van der Waals surface area (Å²) in [5.74, 6) is 0.0356. The normalized spacial score (nSPS) is 18.3. The molecule has 1 saturated heterocycles. The molecule has 1 fully saturated rings. The lowest BCUT2D eigenvalue weighted by Crippen LogP contribution is -2.46. The number of carbonyl (C=O) groups excluding carboxylic acids is 2. The summed E-state index contributed by atoms with van der Waals surface area (Å²) in [6.45, 7) is 3.87. The van der Waals surface area contributed by atoms with Gasteiger partial charge in [-0.15, -0.1) is 0 Å². The summed E-state index contributed by atoms with van der Waals surface area (Å²) < 4.78 is 0. The zero-order valence-electron chi connectivity index (χ0n) is 16.7. The Balaban J connectivity index is 1.54. The first-order valence-corrected chi connectivity index (χ1v) is 9.93. The molecule has 0 spiro atoms. The second kappa shape index (κ2) is 9.51. The molecule has 2 atom stereocenters. The smallest absolute Gasteiger partial charge is 0.236 e. The van der Waals surface area contributed by atoms with Crippen molar-refractivity contribution in [3.63, 3.8) is 0 Å². The van der Waals surface area contributed by atoms with Crippen molar-refractivity contribution in [1.29, 1.82) is 0 Å². The quantitative estimate of drug-likeness (QED) is 0.835. The molecule has 1 N–H and O–H groups in total. The molecule has 0 saturated carbocycles. The van der Waals surface area contributed by atoms with Crippen molar-refractivity contribution in [2.75, 3.05) is 32.0 Å². The van der Waals surface area contributed by atoms with E-state index in [-0.39, 0.29) is 23.8 Å². The predicted molar refractivity (Wildman–Crippen MR) is 112 cm³/mol. The molecule has 1 heterocycles. The number of piperidine rings is 1. The van der Waals surface area contributed by atoms with E-state index in [1.807, 2.05) is 74.6 Å². The number of nitrogens with zero attached hydrogens (tertiary/aromatic N) is 2. The van der Waals surface area contributed by atoms with Gasteiger partial charge >= 0.3 is 0 Å². The maximum absolute atomic E-state index is 12.8. The summed E-state index contributed by atoms with van der Waals surface area (Å²) in [4.78, 5) is 29.3. The summed E-state index contributed by atoms with van der Waals surface area (Å²) >= 11 is 0. The van der Waals surface area contributed by atoms with Gasteiger partial charge in [-0.1, -0.05) is 48.5 Å². The fraction of sp³-hybridized carbons (Fsp3) is 0.391. The average molecular weight is 380 g/mol. The number of para-hydroxylation sites is 1. The van der Waals surface area contributed by atoms with E-state index < -0.39 is 0 Å². The molecule has 2 amide bonds. The number of hydrogen-bond acceptors (Lipinski definition) is 3. The number of nitrogens with one attached hydrogen (secondary N) is 1. The highest BCUT2D eigenvalue weighted by Crippen LogP contribution is 2.21. The highest BCUT2D eigenvalue weighted by Gasteiger charge is 2.28. The van der Waals surface area contributed by atoms with Gasteiger partial charge in [0.15, 0.2) is 0 Å². The monoisotopic (exact) mass is 379 g/mol. The van der Waals surface area contributed by atoms with Crippen LogP contribution in [0.5, 0.6) is 0 Å². The number of benzene rings is 2. The third-order valence-corrected chi connectivity index (χ3v) is 5.53. The van der Waals surface area contributed by atoms with E-state index in [4.69, 9.17) is 0 Å². The molecule has 1 aliphatic rings. The third kappa shape index (κ3) is 5.20. The molecular formula is C23H29N3O2. The highest BCUT2D eigenvalue weighted by atomic mass is 16.2. The van der Waals surface area contributed by atoms with Crippen molar-refractivity contribution in [3.05, 3.63) is 66.2 Å². The van der Waals surface area contributed by atoms with Crippen LogP contribution in [0.15, 0.2) is 60.7 Å². The first-order chi connectivity index (χ1) is 13.5. The molecule has 2 aromatic carbocycles. The van der Waals surface area contributed by atoms with Crippen LogP contribution in [0.25, 0.3) is 0 Å². The summed E-state index contributed by atoms with van der Waals surface area (Å²) in [6.07, 6.45) is 1.79. The fourth-order valence-corrected chi connectivity index (χ4v) is 3.65. The first kappa shape index (κ1) is 20.1. The molecular weight excluding hydrogens is 350 g/mol. The lowest BCUT2D eigenvalue weighted by Gasteiger charge is -2.33. The molecule has 1 aliphatic heterocycles. The van der Waals surface area contributed by atoms with Crippen LogP contribution in [0.1, 0.15) is 31.4 Å². The third-order valence-electron chi connectivity index (χ3n) is 5.53. The van der Waals surface area contributed by atoms with E-state index >= 15 is 0 Å². The van der Waals surface area contributed by atoms with Gasteiger partial charge in [-0.25, -0.2) is 0 Å². The molecule has 3 rings (SSSR count). The zero-order valence-corrected chi connectivity index (χ0v) is 16.7. The van der Waals surface area contributed by atoms with E-state index in [1.54, 1.807) is 4.90 Å². The number of likely N-dealkylation sites (N-methyl/N-ethyl adjacent to an activating group) is 1. The van der Waals surface area contributed by atoms with E-state index in [9.17, 15) is 9.59 Å². The van der Waals surface area contributed by atoms with Gasteiger partial charge in [0.1, 0.15) is 0 Å². The lowest BCUT2D eigenvalue weighted by molar-refractivity contribution is -0.134. The van der Waals surface area contributed by atoms with Crippen LogP contribution in [0.4, 0.5) is 5.69 Å². The summed E-state index contributed by atoms with van der Waals surface area (Å²) in [6, 6.07) is 19.6. The van der Waals surface area contributed by atoms with Crippen LogP contribution in [-0.4, -0.2) is 48.3 Å². The van der Waals surface area contributed by atoms with Crippen molar-refractivity contribution >= 4 is 17.5 Å². The number of rotatable bonds is 6. The van der Waals surface area contributed by atoms with Crippen LogP contribution in [-0.2, 0) is 9.59 Å². The van der Waals surface area contributed by atoms with Gasteiger partial charge < -0.3 is 10.2 Å². The van der Waals surface area contributed by atoms with Crippen molar-refractivity contribution in [3.8, 4) is 0 Å². The molecule has 5 heteroatoms. The molecule has 0 radical (unpaired) electrons. The van der Waals surface area contributed by atoms with E-state index in [0.717, 1.165) is 30.6 Å². The zero-order chi connectivity index (χ0) is 19.9. The molecule has 0 aromatic heterocycles. The minimum Gasteiger partial charge on any atom is -0.338 e. The Morgan fingerprint density at radius 1 is 1.11 bits per heavy atom. The second-order valence-corrected chi connectivity index (χ2v) is 7.52. The maximum atomic E-state index is 12.8. The molecule has 0 aliphatic carbocycles. The number of carbonyl (C=O) groups is 2. The summed E-state index contributed by atoms with van der Waals surface area (Å²) in [5.41, 5.74) is 1.94. The number of hydrogen-bond donors (Lipinski definition) is 1. The minimum atomic E-state index is -0.0846. The average Bonchev–Trinajstić information content (AvgIpc) is 2.74. The molecule has 0 unspecified atom stereocenters. The molecule has 148 valence electrons. The SMILES string of the molecule is C[C@@H](c1ccccc1)N(C)C(=O)CN1CCC[C@@H](C(=O)Nc2ccccc2)C1. The van der Waals surface area contributed by atoms with Crippen LogP contribution in [0, 0.1) is 5.92 Å². The van der Waals surface area contributed by atoms with Crippen LogP contribution in [0.2, 0.25) is 0 Å². The molecule has 5 nitrogen and oxygen atoms in total. The van der Waals surface area contributed by atoms with Crippen molar-refractivity contribution in [1.82, 2.24) is 9.80 Å². The Labute approximate surface area is 167 Å². The minimum absolute atomic E-state index is 0.0238. The summed E-state index contributed by atoms with van der Waals surface area (Å²) in [5, 5.41) is 2.99. The molecule has 0 bridgehead atoms. The molecule has 2 aromatic rings. The van der Waals surface area contributed by atoms with Gasteiger partial charge in [-0.2, -0.15) is 0 Å². The van der Waals surface area contributed by atoms with Crippen LogP contribution in [0.3, 0.4) is 0 Å². The number of likely N-dealkylation sites (tertiary alicyclic amines) is 1. The lowest BCUT2D eigenvalue weighted by atomic mass is 9.97.